The lowest BCUT2D eigenvalue weighted by Crippen LogP contribution is -2.37. The molecule has 0 fully saturated rings. The number of nitrogens with one attached hydrogen (secondary N) is 1. The molecular formula is C20H16ClFN4OS. The van der Waals surface area contributed by atoms with Crippen LogP contribution in [0, 0.1) is 25.1 Å². The summed E-state index contributed by atoms with van der Waals surface area (Å²) < 4.78 is 15.5. The summed E-state index contributed by atoms with van der Waals surface area (Å²) in [6, 6.07) is 6.46. The number of hydrogen-bond acceptors (Lipinski definition) is 3. The Morgan fingerprint density at radius 2 is 2.00 bits per heavy atom. The number of amidine groups is 2. The number of aromatic nitrogens is 1. The highest BCUT2D eigenvalue weighted by molar-refractivity contribution is 8.16. The van der Waals surface area contributed by atoms with Crippen LogP contribution in [-0.2, 0) is 4.79 Å². The van der Waals surface area contributed by atoms with Gasteiger partial charge in [-0.2, -0.15) is 4.99 Å². The third kappa shape index (κ3) is 2.91. The number of allylic oxidation sites excluding steroid dienone is 1. The minimum absolute atomic E-state index is 0.0461. The Bertz CT molecular complexity index is 1150. The largest absolute Gasteiger partial charge is 0.318 e. The molecule has 0 bridgehead atoms. The van der Waals surface area contributed by atoms with Crippen molar-refractivity contribution < 1.29 is 9.18 Å². The zero-order valence-corrected chi connectivity index (χ0v) is 17.0. The van der Waals surface area contributed by atoms with Crippen LogP contribution in [0.4, 0.5) is 4.39 Å². The van der Waals surface area contributed by atoms with Gasteiger partial charge in [0.05, 0.1) is 10.6 Å². The topological polar surface area (TPSA) is 61.5 Å². The van der Waals surface area contributed by atoms with E-state index in [0.717, 1.165) is 28.3 Å². The molecule has 3 heterocycles. The lowest BCUT2D eigenvalue weighted by molar-refractivity contribution is -0.114. The number of aliphatic imine (C=N–C) groups is 1. The van der Waals surface area contributed by atoms with Gasteiger partial charge in [0.15, 0.2) is 5.17 Å². The van der Waals surface area contributed by atoms with Crippen molar-refractivity contribution in [2.75, 3.05) is 0 Å². The van der Waals surface area contributed by atoms with E-state index in [4.69, 9.17) is 17.0 Å². The van der Waals surface area contributed by atoms with Crippen molar-refractivity contribution in [3.8, 4) is 5.69 Å². The molecule has 1 aromatic carbocycles. The van der Waals surface area contributed by atoms with Crippen molar-refractivity contribution in [1.82, 2.24) is 9.47 Å². The van der Waals surface area contributed by atoms with Crippen LogP contribution in [0.5, 0.6) is 0 Å². The Morgan fingerprint density at radius 3 is 2.71 bits per heavy atom. The van der Waals surface area contributed by atoms with Crippen LogP contribution in [0.1, 0.15) is 23.9 Å². The van der Waals surface area contributed by atoms with Crippen molar-refractivity contribution >= 4 is 46.3 Å². The Labute approximate surface area is 170 Å². The fourth-order valence-corrected chi connectivity index (χ4v) is 4.38. The number of aryl methyl sites for hydroxylation is 1. The highest BCUT2D eigenvalue weighted by Crippen LogP contribution is 2.33. The standard InChI is InChI=1S/C20H16ClFN4OS/c1-10-6-13(12(3)25(10)14-4-5-17(22)16(21)8-14)7-15-18(23)26-11(2)9-28-20(26)24-19(15)27/h4-9,23H,1-3H3. The molecule has 1 N–H and O–H groups in total. The normalized spacial score (nSPS) is 17.9. The number of benzene rings is 1. The van der Waals surface area contributed by atoms with Crippen molar-refractivity contribution in [3.63, 3.8) is 0 Å². The monoisotopic (exact) mass is 414 g/mol. The Morgan fingerprint density at radius 1 is 1.25 bits per heavy atom. The van der Waals surface area contributed by atoms with Crippen molar-refractivity contribution in [2.24, 2.45) is 4.99 Å². The first-order valence-electron chi connectivity index (χ1n) is 8.49. The first-order chi connectivity index (χ1) is 13.3. The molecule has 1 amide bonds. The second-order valence-electron chi connectivity index (χ2n) is 6.58. The second-order valence-corrected chi connectivity index (χ2v) is 7.82. The quantitative estimate of drug-likeness (QED) is 0.699. The fourth-order valence-electron chi connectivity index (χ4n) is 3.35. The summed E-state index contributed by atoms with van der Waals surface area (Å²) in [6.45, 7) is 5.70. The number of halogens is 2. The van der Waals surface area contributed by atoms with Crippen molar-refractivity contribution in [1.29, 1.82) is 5.41 Å². The van der Waals surface area contributed by atoms with Crippen LogP contribution >= 0.6 is 23.4 Å². The van der Waals surface area contributed by atoms with E-state index < -0.39 is 11.7 Å². The average molecular weight is 415 g/mol. The summed E-state index contributed by atoms with van der Waals surface area (Å²) in [5.41, 5.74) is 4.36. The molecule has 2 aliphatic rings. The van der Waals surface area contributed by atoms with Gasteiger partial charge in [-0.15, -0.1) is 0 Å². The number of carbonyl (C=O) groups is 1. The van der Waals surface area contributed by atoms with Crippen molar-refractivity contribution in [3.05, 3.63) is 68.7 Å². The van der Waals surface area contributed by atoms with Gasteiger partial charge in [-0.25, -0.2) is 4.39 Å². The van der Waals surface area contributed by atoms with E-state index in [9.17, 15) is 9.18 Å². The van der Waals surface area contributed by atoms with Crippen LogP contribution in [0.15, 0.2) is 45.9 Å². The summed E-state index contributed by atoms with van der Waals surface area (Å²) >= 11 is 7.27. The Hall–Kier alpha value is -2.64. The molecule has 0 saturated carbocycles. The van der Waals surface area contributed by atoms with E-state index >= 15 is 0 Å². The van der Waals surface area contributed by atoms with Gasteiger partial charge in [0.1, 0.15) is 11.7 Å². The fraction of sp³-hybridized carbons (Fsp3) is 0.150. The third-order valence-corrected chi connectivity index (χ3v) is 5.95. The number of nitrogens with zero attached hydrogens (tertiary/aromatic N) is 3. The molecule has 28 heavy (non-hydrogen) atoms. The number of fused-ring (bicyclic) bond motifs is 1. The summed E-state index contributed by atoms with van der Waals surface area (Å²) in [7, 11) is 0. The summed E-state index contributed by atoms with van der Waals surface area (Å²) in [5.74, 6) is -0.790. The van der Waals surface area contributed by atoms with E-state index in [1.165, 1.54) is 17.8 Å². The van der Waals surface area contributed by atoms with Gasteiger partial charge in [-0.1, -0.05) is 23.4 Å². The number of amides is 1. The maximum Gasteiger partial charge on any atom is 0.283 e. The van der Waals surface area contributed by atoms with Crippen LogP contribution in [0.2, 0.25) is 5.02 Å². The SMILES string of the molecule is CC1=CSC2=NC(=O)C(=Cc3cc(C)n(-c4ccc(F)c(Cl)c4)c3C)C(=N)N12. The number of carbonyl (C=O) groups excluding carboxylic acids is 1. The van der Waals surface area contributed by atoms with Gasteiger partial charge < -0.3 is 4.57 Å². The number of rotatable bonds is 2. The van der Waals surface area contributed by atoms with Crippen LogP contribution in [0.25, 0.3) is 11.8 Å². The molecule has 0 unspecified atom stereocenters. The van der Waals surface area contributed by atoms with Gasteiger partial charge in [-0.3, -0.25) is 15.1 Å². The Kier molecular flexibility index (Phi) is 4.51. The van der Waals surface area contributed by atoms with Crippen LogP contribution in [-0.4, -0.2) is 26.4 Å². The summed E-state index contributed by atoms with van der Waals surface area (Å²) in [5, 5.41) is 10.9. The molecule has 2 aromatic rings. The lowest BCUT2D eigenvalue weighted by atomic mass is 10.1. The second kappa shape index (κ2) is 6.76. The van der Waals surface area contributed by atoms with Gasteiger partial charge in [0.2, 0.25) is 0 Å². The van der Waals surface area contributed by atoms with E-state index in [2.05, 4.69) is 4.99 Å². The van der Waals surface area contributed by atoms with Crippen LogP contribution < -0.4 is 0 Å². The van der Waals surface area contributed by atoms with Crippen molar-refractivity contribution in [2.45, 2.75) is 20.8 Å². The molecular weight excluding hydrogens is 399 g/mol. The number of hydrogen-bond donors (Lipinski definition) is 1. The molecule has 1 aromatic heterocycles. The minimum Gasteiger partial charge on any atom is -0.318 e. The van der Waals surface area contributed by atoms with Crippen LogP contribution in [0.3, 0.4) is 0 Å². The zero-order chi connectivity index (χ0) is 20.2. The minimum atomic E-state index is -0.475. The van der Waals surface area contributed by atoms with E-state index in [-0.39, 0.29) is 16.4 Å². The predicted octanol–water partition coefficient (Wildman–Crippen LogP) is 5.05. The van der Waals surface area contributed by atoms with E-state index in [1.807, 2.05) is 36.8 Å². The first-order valence-corrected chi connectivity index (χ1v) is 9.75. The molecule has 0 spiro atoms. The highest BCUT2D eigenvalue weighted by atomic mass is 35.5. The average Bonchev–Trinajstić information content (AvgIpc) is 3.14. The smallest absolute Gasteiger partial charge is 0.283 e. The zero-order valence-electron chi connectivity index (χ0n) is 15.4. The molecule has 0 saturated heterocycles. The highest BCUT2D eigenvalue weighted by Gasteiger charge is 2.34. The first kappa shape index (κ1) is 18.7. The van der Waals surface area contributed by atoms with Gasteiger partial charge in [0.25, 0.3) is 5.91 Å². The van der Waals surface area contributed by atoms with E-state index in [1.54, 1.807) is 23.1 Å². The maximum atomic E-state index is 13.5. The molecule has 5 nitrogen and oxygen atoms in total. The molecule has 142 valence electrons. The molecule has 0 atom stereocenters. The summed E-state index contributed by atoms with van der Waals surface area (Å²) in [4.78, 5) is 18.3. The molecule has 4 rings (SSSR count). The molecule has 2 aliphatic heterocycles. The molecule has 8 heteroatoms. The maximum absolute atomic E-state index is 13.5. The third-order valence-electron chi connectivity index (χ3n) is 4.72. The number of thioether (sulfide) groups is 1. The Balaban J connectivity index is 1.79. The van der Waals surface area contributed by atoms with Gasteiger partial charge >= 0.3 is 0 Å². The van der Waals surface area contributed by atoms with Gasteiger partial charge in [-0.05, 0) is 62.1 Å². The van der Waals surface area contributed by atoms with Gasteiger partial charge in [0, 0.05) is 22.8 Å². The molecule has 0 radical (unpaired) electrons. The molecule has 0 aliphatic carbocycles. The lowest BCUT2D eigenvalue weighted by Gasteiger charge is -2.25. The summed E-state index contributed by atoms with van der Waals surface area (Å²) in [6.07, 6.45) is 1.69. The van der Waals surface area contributed by atoms with E-state index in [0.29, 0.717) is 5.17 Å². The predicted molar refractivity (Wildman–Crippen MR) is 112 cm³/mol.